The molecule has 0 aliphatic carbocycles. The highest BCUT2D eigenvalue weighted by Gasteiger charge is 2.07. The highest BCUT2D eigenvalue weighted by Crippen LogP contribution is 1.96. The van der Waals surface area contributed by atoms with E-state index in [0.717, 1.165) is 18.7 Å². The summed E-state index contributed by atoms with van der Waals surface area (Å²) in [5, 5.41) is 3.27. The molecule has 0 aromatic rings. The molecule has 0 fully saturated rings. The molecule has 4 heteroatoms. The molecule has 78 valence electrons. The maximum absolute atomic E-state index is 10.8. The van der Waals surface area contributed by atoms with Gasteiger partial charge in [-0.3, -0.25) is 4.79 Å². The predicted octanol–water partition coefficient (Wildman–Crippen LogP) is 1.28. The van der Waals surface area contributed by atoms with Gasteiger partial charge in [0.1, 0.15) is 0 Å². The van der Waals surface area contributed by atoms with Gasteiger partial charge in [-0.05, 0) is 31.9 Å². The summed E-state index contributed by atoms with van der Waals surface area (Å²) in [6.45, 7) is 2.97. The van der Waals surface area contributed by atoms with Crippen molar-refractivity contribution in [3.8, 4) is 0 Å². The van der Waals surface area contributed by atoms with Crippen molar-refractivity contribution in [1.82, 2.24) is 5.32 Å². The van der Waals surface area contributed by atoms with Crippen molar-refractivity contribution in [3.05, 3.63) is 0 Å². The van der Waals surface area contributed by atoms with Gasteiger partial charge < -0.3 is 10.1 Å². The molecule has 0 aliphatic rings. The lowest BCUT2D eigenvalue weighted by molar-refractivity contribution is -0.141. The topological polar surface area (TPSA) is 38.3 Å². The third-order valence-electron chi connectivity index (χ3n) is 1.72. The normalized spacial score (nSPS) is 12.5. The Hall–Kier alpha value is -0.220. The maximum atomic E-state index is 10.8. The van der Waals surface area contributed by atoms with Gasteiger partial charge in [0.15, 0.2) is 0 Å². The van der Waals surface area contributed by atoms with Crippen molar-refractivity contribution >= 4 is 17.7 Å². The van der Waals surface area contributed by atoms with Crippen LogP contribution in [-0.4, -0.2) is 37.7 Å². The zero-order chi connectivity index (χ0) is 10.1. The van der Waals surface area contributed by atoms with Gasteiger partial charge in [-0.2, -0.15) is 11.8 Å². The molecule has 0 aromatic heterocycles. The predicted molar refractivity (Wildman–Crippen MR) is 57.1 cm³/mol. The third kappa shape index (κ3) is 8.12. The number of rotatable bonds is 7. The van der Waals surface area contributed by atoms with E-state index in [2.05, 4.69) is 16.3 Å². The summed E-state index contributed by atoms with van der Waals surface area (Å²) in [5.74, 6) is 1.02. The van der Waals surface area contributed by atoms with Crippen LogP contribution in [0, 0.1) is 0 Å². The van der Waals surface area contributed by atoms with E-state index in [1.165, 1.54) is 7.11 Å². The molecule has 0 aliphatic heterocycles. The summed E-state index contributed by atoms with van der Waals surface area (Å²) in [7, 11) is 1.42. The van der Waals surface area contributed by atoms with Crippen LogP contribution in [-0.2, 0) is 9.53 Å². The van der Waals surface area contributed by atoms with E-state index in [4.69, 9.17) is 0 Å². The molecule has 0 bridgehead atoms. The molecule has 1 unspecified atom stereocenters. The van der Waals surface area contributed by atoms with E-state index in [9.17, 15) is 4.79 Å². The number of ether oxygens (including phenoxy) is 1. The molecule has 0 amide bonds. The van der Waals surface area contributed by atoms with Crippen molar-refractivity contribution < 1.29 is 9.53 Å². The van der Waals surface area contributed by atoms with Gasteiger partial charge in [-0.15, -0.1) is 0 Å². The minimum absolute atomic E-state index is 0.148. The Balaban J connectivity index is 3.29. The van der Waals surface area contributed by atoms with Crippen molar-refractivity contribution in [2.45, 2.75) is 25.8 Å². The molecule has 13 heavy (non-hydrogen) atoms. The first-order valence-electron chi connectivity index (χ1n) is 4.49. The van der Waals surface area contributed by atoms with Gasteiger partial charge in [0.2, 0.25) is 0 Å². The zero-order valence-corrected chi connectivity index (χ0v) is 9.45. The quantitative estimate of drug-likeness (QED) is 0.502. The first kappa shape index (κ1) is 12.8. The average molecular weight is 205 g/mol. The summed E-state index contributed by atoms with van der Waals surface area (Å²) in [6, 6.07) is 0.217. The maximum Gasteiger partial charge on any atom is 0.307 e. The monoisotopic (exact) mass is 205 g/mol. The molecule has 0 saturated heterocycles. The standard InChI is InChI=1S/C9H19NO2S/c1-8(7-9(11)12-2)10-5-4-6-13-3/h8,10H,4-7H2,1-3H3. The minimum Gasteiger partial charge on any atom is -0.469 e. The number of nitrogens with one attached hydrogen (secondary N) is 1. The molecule has 1 atom stereocenters. The fourth-order valence-corrected chi connectivity index (χ4v) is 1.40. The van der Waals surface area contributed by atoms with Gasteiger partial charge >= 0.3 is 5.97 Å². The van der Waals surface area contributed by atoms with Crippen molar-refractivity contribution in [3.63, 3.8) is 0 Å². The van der Waals surface area contributed by atoms with Gasteiger partial charge in [0.25, 0.3) is 0 Å². The molecule has 0 heterocycles. The van der Waals surface area contributed by atoms with E-state index < -0.39 is 0 Å². The Labute approximate surface area is 84.6 Å². The first-order chi connectivity index (χ1) is 6.20. The Morgan fingerprint density at radius 2 is 2.31 bits per heavy atom. The lowest BCUT2D eigenvalue weighted by atomic mass is 10.2. The molecular weight excluding hydrogens is 186 g/mol. The molecule has 0 radical (unpaired) electrons. The zero-order valence-electron chi connectivity index (χ0n) is 8.63. The van der Waals surface area contributed by atoms with Crippen LogP contribution in [0.5, 0.6) is 0 Å². The van der Waals surface area contributed by atoms with Crippen LogP contribution in [0.1, 0.15) is 19.8 Å². The first-order valence-corrected chi connectivity index (χ1v) is 5.89. The van der Waals surface area contributed by atoms with Crippen LogP contribution in [0.4, 0.5) is 0 Å². The lowest BCUT2D eigenvalue weighted by Crippen LogP contribution is -2.29. The highest BCUT2D eigenvalue weighted by atomic mass is 32.2. The molecule has 0 spiro atoms. The molecule has 0 rings (SSSR count). The molecule has 0 saturated carbocycles. The van der Waals surface area contributed by atoms with Gasteiger partial charge in [-0.1, -0.05) is 0 Å². The average Bonchev–Trinajstić information content (AvgIpc) is 2.12. The van der Waals surface area contributed by atoms with Crippen LogP contribution >= 0.6 is 11.8 Å². The van der Waals surface area contributed by atoms with Crippen molar-refractivity contribution in [2.24, 2.45) is 0 Å². The van der Waals surface area contributed by atoms with E-state index in [1.807, 2.05) is 18.7 Å². The number of carbonyl (C=O) groups excluding carboxylic acids is 1. The summed E-state index contributed by atoms with van der Waals surface area (Å²) in [5.41, 5.74) is 0. The van der Waals surface area contributed by atoms with E-state index in [0.29, 0.717) is 6.42 Å². The summed E-state index contributed by atoms with van der Waals surface area (Å²) >= 11 is 1.84. The molecule has 3 nitrogen and oxygen atoms in total. The second-order valence-electron chi connectivity index (χ2n) is 2.98. The minimum atomic E-state index is -0.148. The fraction of sp³-hybridized carbons (Fsp3) is 0.889. The van der Waals surface area contributed by atoms with Crippen LogP contribution in [0.3, 0.4) is 0 Å². The summed E-state index contributed by atoms with van der Waals surface area (Å²) in [6.07, 6.45) is 3.69. The Morgan fingerprint density at radius 3 is 2.85 bits per heavy atom. The van der Waals surface area contributed by atoms with Gasteiger partial charge in [0.05, 0.1) is 13.5 Å². The van der Waals surface area contributed by atoms with Gasteiger partial charge in [0, 0.05) is 6.04 Å². The molecule has 0 aromatic carbocycles. The van der Waals surface area contributed by atoms with Crippen LogP contribution < -0.4 is 5.32 Å². The number of thioether (sulfide) groups is 1. The second-order valence-corrected chi connectivity index (χ2v) is 3.97. The Morgan fingerprint density at radius 1 is 1.62 bits per heavy atom. The largest absolute Gasteiger partial charge is 0.469 e. The second kappa shape index (κ2) is 8.38. The number of carbonyl (C=O) groups is 1. The Bertz CT molecular complexity index is 142. The van der Waals surface area contributed by atoms with Crippen LogP contribution in [0.2, 0.25) is 0 Å². The smallest absolute Gasteiger partial charge is 0.307 e. The summed E-state index contributed by atoms with van der Waals surface area (Å²) in [4.78, 5) is 10.8. The van der Waals surface area contributed by atoms with E-state index in [-0.39, 0.29) is 12.0 Å². The highest BCUT2D eigenvalue weighted by molar-refractivity contribution is 7.98. The van der Waals surface area contributed by atoms with E-state index >= 15 is 0 Å². The summed E-state index contributed by atoms with van der Waals surface area (Å²) < 4.78 is 4.57. The fourth-order valence-electron chi connectivity index (χ4n) is 0.970. The van der Waals surface area contributed by atoms with Crippen LogP contribution in [0.15, 0.2) is 0 Å². The third-order valence-corrected chi connectivity index (χ3v) is 2.42. The SMILES string of the molecule is COC(=O)CC(C)NCCCSC. The van der Waals surface area contributed by atoms with E-state index in [1.54, 1.807) is 0 Å². The number of methoxy groups -OCH3 is 1. The molecule has 1 N–H and O–H groups in total. The van der Waals surface area contributed by atoms with Gasteiger partial charge in [-0.25, -0.2) is 0 Å². The van der Waals surface area contributed by atoms with Crippen LogP contribution in [0.25, 0.3) is 0 Å². The van der Waals surface area contributed by atoms with Crippen molar-refractivity contribution in [2.75, 3.05) is 25.7 Å². The molecular formula is C9H19NO2S. The van der Waals surface area contributed by atoms with Crippen molar-refractivity contribution in [1.29, 1.82) is 0 Å². The Kier molecular flexibility index (Phi) is 8.24. The number of esters is 1. The number of hydrogen-bond acceptors (Lipinski definition) is 4. The lowest BCUT2D eigenvalue weighted by Gasteiger charge is -2.11. The number of hydrogen-bond donors (Lipinski definition) is 1.